The molecule has 2 aromatic rings. The molecular weight excluding hydrogens is 251 g/mol. The average molecular weight is 257 g/mol. The number of nitrogens with zero attached hydrogens (tertiary/aromatic N) is 2. The van der Waals surface area contributed by atoms with E-state index >= 15 is 0 Å². The van der Waals surface area contributed by atoms with Crippen LogP contribution >= 0.6 is 0 Å². The molecule has 1 amide bonds. The van der Waals surface area contributed by atoms with Crippen LogP contribution in [0.5, 0.6) is 0 Å². The van der Waals surface area contributed by atoms with E-state index in [9.17, 15) is 18.0 Å². The Morgan fingerprint density at radius 1 is 1.28 bits per heavy atom. The van der Waals surface area contributed by atoms with Crippen molar-refractivity contribution in [3.63, 3.8) is 0 Å². The second kappa shape index (κ2) is 4.47. The SMILES string of the molecule is O=CNc1cccc(-c2nnc(C(F)(F)F)o2)c1. The number of halogens is 3. The Bertz CT molecular complexity index is 565. The molecule has 0 fully saturated rings. The fraction of sp³-hybridized carbons (Fsp3) is 0.100. The summed E-state index contributed by atoms with van der Waals surface area (Å²) in [6.07, 6.45) is -4.22. The minimum absolute atomic E-state index is 0.267. The molecule has 2 rings (SSSR count). The molecule has 1 aromatic heterocycles. The van der Waals surface area contributed by atoms with Gasteiger partial charge in [-0.3, -0.25) is 4.79 Å². The molecule has 0 aliphatic heterocycles. The molecular formula is C10H6F3N3O2. The van der Waals surface area contributed by atoms with Gasteiger partial charge in [-0.15, -0.1) is 10.2 Å². The summed E-state index contributed by atoms with van der Waals surface area (Å²) >= 11 is 0. The molecule has 94 valence electrons. The first-order valence-electron chi connectivity index (χ1n) is 4.72. The minimum atomic E-state index is -4.68. The maximum Gasteiger partial charge on any atom is 0.470 e. The van der Waals surface area contributed by atoms with Crippen molar-refractivity contribution in [3.05, 3.63) is 30.2 Å². The number of hydrogen-bond donors (Lipinski definition) is 1. The number of benzene rings is 1. The Morgan fingerprint density at radius 2 is 2.06 bits per heavy atom. The lowest BCUT2D eigenvalue weighted by Crippen LogP contribution is -2.04. The fourth-order valence-corrected chi connectivity index (χ4v) is 1.26. The third kappa shape index (κ3) is 2.47. The normalized spacial score (nSPS) is 11.3. The van der Waals surface area contributed by atoms with Gasteiger partial charge in [0.05, 0.1) is 0 Å². The summed E-state index contributed by atoms with van der Waals surface area (Å²) in [5.41, 5.74) is 0.694. The van der Waals surface area contributed by atoms with Gasteiger partial charge in [-0.2, -0.15) is 13.2 Å². The molecule has 0 bridgehead atoms. The van der Waals surface area contributed by atoms with Crippen LogP contribution in [0, 0.1) is 0 Å². The van der Waals surface area contributed by atoms with Gasteiger partial charge in [0.15, 0.2) is 0 Å². The van der Waals surface area contributed by atoms with E-state index in [0.717, 1.165) is 0 Å². The molecule has 0 spiro atoms. The van der Waals surface area contributed by atoms with Crippen LogP contribution in [0.15, 0.2) is 28.7 Å². The van der Waals surface area contributed by atoms with Crippen molar-refractivity contribution in [2.75, 3.05) is 5.32 Å². The number of alkyl halides is 3. The highest BCUT2D eigenvalue weighted by molar-refractivity contribution is 5.74. The van der Waals surface area contributed by atoms with Gasteiger partial charge in [0.1, 0.15) is 0 Å². The van der Waals surface area contributed by atoms with Crippen molar-refractivity contribution in [2.45, 2.75) is 6.18 Å². The molecule has 0 saturated carbocycles. The maximum atomic E-state index is 12.3. The van der Waals surface area contributed by atoms with Gasteiger partial charge in [-0.1, -0.05) is 6.07 Å². The third-order valence-electron chi connectivity index (χ3n) is 2.00. The Kier molecular flexibility index (Phi) is 3.00. The molecule has 0 saturated heterocycles. The van der Waals surface area contributed by atoms with Gasteiger partial charge in [-0.05, 0) is 18.2 Å². The molecule has 0 radical (unpaired) electrons. The Hall–Kier alpha value is -2.38. The number of hydrogen-bond acceptors (Lipinski definition) is 4. The van der Waals surface area contributed by atoms with Crippen LogP contribution in [0.4, 0.5) is 18.9 Å². The number of carbonyl (C=O) groups is 1. The lowest BCUT2D eigenvalue weighted by Gasteiger charge is -2.00. The Labute approximate surface area is 98.6 Å². The molecule has 0 aliphatic rings. The topological polar surface area (TPSA) is 68.0 Å². The highest BCUT2D eigenvalue weighted by atomic mass is 19.4. The second-order valence-electron chi connectivity index (χ2n) is 3.25. The molecule has 8 heteroatoms. The molecule has 1 N–H and O–H groups in total. The van der Waals surface area contributed by atoms with Crippen molar-refractivity contribution >= 4 is 12.1 Å². The summed E-state index contributed by atoms with van der Waals surface area (Å²) in [5.74, 6) is -1.68. The zero-order chi connectivity index (χ0) is 13.2. The number of rotatable bonds is 3. The summed E-state index contributed by atoms with van der Waals surface area (Å²) in [6, 6.07) is 6.02. The van der Waals surface area contributed by atoms with E-state index in [1.165, 1.54) is 12.1 Å². The zero-order valence-electron chi connectivity index (χ0n) is 8.73. The summed E-state index contributed by atoms with van der Waals surface area (Å²) in [5, 5.41) is 8.57. The van der Waals surface area contributed by atoms with Crippen LogP contribution in [0.3, 0.4) is 0 Å². The molecule has 1 aromatic carbocycles. The summed E-state index contributed by atoms with van der Waals surface area (Å²) in [7, 11) is 0. The van der Waals surface area contributed by atoms with Crippen LogP contribution in [0.1, 0.15) is 5.89 Å². The largest absolute Gasteiger partial charge is 0.470 e. The van der Waals surface area contributed by atoms with Crippen LogP contribution in [0.2, 0.25) is 0 Å². The fourth-order valence-electron chi connectivity index (χ4n) is 1.26. The van der Waals surface area contributed by atoms with Crippen molar-refractivity contribution in [3.8, 4) is 11.5 Å². The predicted molar refractivity (Wildman–Crippen MR) is 54.4 cm³/mol. The molecule has 18 heavy (non-hydrogen) atoms. The van der Waals surface area contributed by atoms with Crippen molar-refractivity contribution < 1.29 is 22.4 Å². The smallest absolute Gasteiger partial charge is 0.413 e. The molecule has 0 aliphatic carbocycles. The van der Waals surface area contributed by atoms with Crippen molar-refractivity contribution in [2.24, 2.45) is 0 Å². The summed E-state index contributed by atoms with van der Waals surface area (Å²) in [4.78, 5) is 10.2. The first kappa shape index (κ1) is 12.1. The number of nitrogens with one attached hydrogen (secondary N) is 1. The highest BCUT2D eigenvalue weighted by Crippen LogP contribution is 2.30. The van der Waals surface area contributed by atoms with Gasteiger partial charge >= 0.3 is 12.1 Å². The van der Waals surface area contributed by atoms with Gasteiger partial charge in [0, 0.05) is 11.3 Å². The second-order valence-corrected chi connectivity index (χ2v) is 3.25. The first-order chi connectivity index (χ1) is 8.50. The van der Waals surface area contributed by atoms with Gasteiger partial charge in [0.2, 0.25) is 12.3 Å². The van der Waals surface area contributed by atoms with E-state index in [1.807, 2.05) is 0 Å². The monoisotopic (exact) mass is 257 g/mol. The lowest BCUT2D eigenvalue weighted by atomic mass is 10.2. The minimum Gasteiger partial charge on any atom is -0.413 e. The van der Waals surface area contributed by atoms with Crippen LogP contribution in [-0.2, 0) is 11.0 Å². The van der Waals surface area contributed by atoms with Gasteiger partial charge < -0.3 is 9.73 Å². The van der Waals surface area contributed by atoms with E-state index in [2.05, 4.69) is 19.9 Å². The summed E-state index contributed by atoms with van der Waals surface area (Å²) in [6.45, 7) is 0. The standard InChI is InChI=1S/C10H6F3N3O2/c11-10(12,13)9-16-15-8(18-9)6-2-1-3-7(4-6)14-5-17/h1-5H,(H,14,17). The quantitative estimate of drug-likeness (QED) is 0.857. The molecule has 5 nitrogen and oxygen atoms in total. The lowest BCUT2D eigenvalue weighted by molar-refractivity contribution is -0.156. The van der Waals surface area contributed by atoms with Gasteiger partial charge in [0.25, 0.3) is 0 Å². The predicted octanol–water partition coefficient (Wildman–Crippen LogP) is 2.32. The van der Waals surface area contributed by atoms with Crippen molar-refractivity contribution in [1.82, 2.24) is 10.2 Å². The number of carbonyl (C=O) groups excluding carboxylic acids is 1. The Morgan fingerprint density at radius 3 is 2.67 bits per heavy atom. The molecule has 0 unspecified atom stereocenters. The highest BCUT2D eigenvalue weighted by Gasteiger charge is 2.38. The van der Waals surface area contributed by atoms with Crippen molar-refractivity contribution in [1.29, 1.82) is 0 Å². The van der Waals surface area contributed by atoms with E-state index in [-0.39, 0.29) is 11.5 Å². The molecule has 0 atom stereocenters. The number of amides is 1. The van der Waals surface area contributed by atoms with Crippen LogP contribution in [-0.4, -0.2) is 16.6 Å². The van der Waals surface area contributed by atoms with E-state index in [0.29, 0.717) is 12.1 Å². The van der Waals surface area contributed by atoms with E-state index < -0.39 is 12.1 Å². The third-order valence-corrected chi connectivity index (χ3v) is 2.00. The van der Waals surface area contributed by atoms with E-state index in [1.54, 1.807) is 12.1 Å². The number of anilines is 1. The van der Waals surface area contributed by atoms with Gasteiger partial charge in [-0.25, -0.2) is 0 Å². The van der Waals surface area contributed by atoms with Crippen LogP contribution in [0.25, 0.3) is 11.5 Å². The zero-order valence-corrected chi connectivity index (χ0v) is 8.73. The summed E-state index contributed by atoms with van der Waals surface area (Å²) < 4.78 is 41.3. The molecule has 1 heterocycles. The van der Waals surface area contributed by atoms with Crippen LogP contribution < -0.4 is 5.32 Å². The van der Waals surface area contributed by atoms with E-state index in [4.69, 9.17) is 0 Å². The Balaban J connectivity index is 2.34. The number of aromatic nitrogens is 2. The average Bonchev–Trinajstić information content (AvgIpc) is 2.78. The maximum absolute atomic E-state index is 12.3. The first-order valence-corrected chi connectivity index (χ1v) is 4.72.